The fraction of sp³-hybridized carbons (Fsp3) is 0.286. The van der Waals surface area contributed by atoms with E-state index >= 15 is 0 Å². The van der Waals surface area contributed by atoms with Gasteiger partial charge in [-0.15, -0.1) is 0 Å². The molecule has 1 fully saturated rings. The number of carbonyl (C=O) groups is 1. The van der Waals surface area contributed by atoms with E-state index in [9.17, 15) is 4.79 Å². The minimum Gasteiger partial charge on any atom is -0.465 e. The lowest BCUT2D eigenvalue weighted by Gasteiger charge is -2.14. The molecule has 0 bridgehead atoms. The van der Waals surface area contributed by atoms with E-state index in [0.717, 1.165) is 6.42 Å². The quantitative estimate of drug-likeness (QED) is 0.812. The zero-order chi connectivity index (χ0) is 13.8. The molecule has 3 rings (SSSR count). The highest BCUT2D eigenvalue weighted by Crippen LogP contribution is 2.20. The molecular weight excluding hydrogens is 276 g/mol. The van der Waals surface area contributed by atoms with Gasteiger partial charge in [-0.25, -0.2) is 4.98 Å². The molecule has 0 radical (unpaired) electrons. The monoisotopic (exact) mass is 290 g/mol. The minimum absolute atomic E-state index is 0.0216. The molecule has 1 unspecified atom stereocenters. The Morgan fingerprint density at radius 1 is 1.60 bits per heavy atom. The molecule has 1 aliphatic heterocycles. The molecule has 0 aliphatic carbocycles. The molecule has 20 heavy (non-hydrogen) atoms. The summed E-state index contributed by atoms with van der Waals surface area (Å²) >= 11 is 1.46. The van der Waals surface area contributed by atoms with Gasteiger partial charge >= 0.3 is 0 Å². The summed E-state index contributed by atoms with van der Waals surface area (Å²) in [5.74, 6) is 0.653. The Hall–Kier alpha value is -2.08. The molecule has 1 saturated heterocycles. The summed E-state index contributed by atoms with van der Waals surface area (Å²) in [4.78, 5) is 17.9. The van der Waals surface area contributed by atoms with Gasteiger partial charge in [-0.05, 0) is 18.2 Å². The molecule has 0 aromatic carbocycles. The highest BCUT2D eigenvalue weighted by atomic mass is 32.1. The second-order valence-corrected chi connectivity index (χ2v) is 5.32. The van der Waals surface area contributed by atoms with Crippen LogP contribution in [0.3, 0.4) is 0 Å². The Kier molecular flexibility index (Phi) is 3.83. The fourth-order valence-electron chi connectivity index (χ4n) is 2.08. The molecule has 3 heterocycles. The molecule has 0 saturated carbocycles. The average molecular weight is 290 g/mol. The van der Waals surface area contributed by atoms with E-state index in [-0.39, 0.29) is 12.0 Å². The molecule has 6 heteroatoms. The van der Waals surface area contributed by atoms with Crippen LogP contribution < -0.4 is 4.74 Å². The number of hydrogen-bond donors (Lipinski definition) is 0. The fourth-order valence-corrected chi connectivity index (χ4v) is 2.63. The van der Waals surface area contributed by atoms with Gasteiger partial charge in [0.15, 0.2) is 0 Å². The van der Waals surface area contributed by atoms with Gasteiger partial charge in [0.2, 0.25) is 5.91 Å². The highest BCUT2D eigenvalue weighted by Gasteiger charge is 2.26. The number of rotatable bonds is 4. The first-order chi connectivity index (χ1) is 9.81. The van der Waals surface area contributed by atoms with Crippen molar-refractivity contribution in [3.05, 3.63) is 41.8 Å². The van der Waals surface area contributed by atoms with Gasteiger partial charge in [-0.2, -0.15) is 0 Å². The molecule has 0 spiro atoms. The van der Waals surface area contributed by atoms with Gasteiger partial charge in [-0.1, -0.05) is 11.3 Å². The predicted octanol–water partition coefficient (Wildman–Crippen LogP) is 2.43. The van der Waals surface area contributed by atoms with Crippen LogP contribution in [0, 0.1) is 0 Å². The van der Waals surface area contributed by atoms with E-state index in [0.29, 0.717) is 24.0 Å². The maximum atomic E-state index is 12.0. The van der Waals surface area contributed by atoms with Crippen LogP contribution in [-0.2, 0) is 4.79 Å². The van der Waals surface area contributed by atoms with Crippen molar-refractivity contribution in [3.8, 4) is 5.19 Å². The lowest BCUT2D eigenvalue weighted by molar-refractivity contribution is -0.125. The maximum absolute atomic E-state index is 12.0. The van der Waals surface area contributed by atoms with Gasteiger partial charge in [-0.3, -0.25) is 4.79 Å². The summed E-state index contributed by atoms with van der Waals surface area (Å²) in [6.07, 6.45) is 7.37. The number of ether oxygens (including phenoxy) is 1. The van der Waals surface area contributed by atoms with Crippen molar-refractivity contribution < 1.29 is 13.9 Å². The average Bonchev–Trinajstić information content (AvgIpc) is 3.19. The number of hydrogen-bond acceptors (Lipinski definition) is 5. The Labute approximate surface area is 120 Å². The van der Waals surface area contributed by atoms with Crippen molar-refractivity contribution in [2.75, 3.05) is 13.1 Å². The van der Waals surface area contributed by atoms with Crippen LogP contribution in [0.5, 0.6) is 5.19 Å². The Bertz CT molecular complexity index is 578. The summed E-state index contributed by atoms with van der Waals surface area (Å²) in [7, 11) is 0. The summed E-state index contributed by atoms with van der Waals surface area (Å²) < 4.78 is 10.9. The van der Waals surface area contributed by atoms with Crippen LogP contribution in [-0.4, -0.2) is 35.0 Å². The topological polar surface area (TPSA) is 55.6 Å². The van der Waals surface area contributed by atoms with E-state index in [1.807, 2.05) is 11.4 Å². The zero-order valence-corrected chi connectivity index (χ0v) is 11.6. The third-order valence-electron chi connectivity index (χ3n) is 3.07. The number of likely N-dealkylation sites (tertiary alicyclic amines) is 1. The minimum atomic E-state index is -0.0216. The van der Waals surface area contributed by atoms with Crippen molar-refractivity contribution in [2.45, 2.75) is 12.5 Å². The highest BCUT2D eigenvalue weighted by molar-refractivity contribution is 7.11. The van der Waals surface area contributed by atoms with Crippen LogP contribution in [0.2, 0.25) is 0 Å². The first kappa shape index (κ1) is 12.9. The van der Waals surface area contributed by atoms with Crippen LogP contribution in [0.4, 0.5) is 0 Å². The molecule has 2 aromatic rings. The largest absolute Gasteiger partial charge is 0.465 e. The summed E-state index contributed by atoms with van der Waals surface area (Å²) in [5.41, 5.74) is 0. The van der Waals surface area contributed by atoms with E-state index in [1.165, 1.54) is 17.4 Å². The smallest absolute Gasteiger partial charge is 0.273 e. The van der Waals surface area contributed by atoms with Crippen LogP contribution in [0.25, 0.3) is 6.08 Å². The van der Waals surface area contributed by atoms with Crippen molar-refractivity contribution in [3.63, 3.8) is 0 Å². The standard InChI is InChI=1S/C14H14N2O3S/c17-13(4-3-11-2-1-8-18-11)16-7-5-12(10-16)19-14-15-6-9-20-14/h1-4,6,8-9,12H,5,7,10H2/b4-3+. The number of amides is 1. The second-order valence-electron chi connectivity index (χ2n) is 4.46. The number of thiazole rings is 1. The van der Waals surface area contributed by atoms with E-state index in [1.54, 1.807) is 29.5 Å². The van der Waals surface area contributed by atoms with Gasteiger partial charge < -0.3 is 14.1 Å². The number of furan rings is 1. The number of aromatic nitrogens is 1. The van der Waals surface area contributed by atoms with Crippen LogP contribution in [0.15, 0.2) is 40.5 Å². The molecule has 5 nitrogen and oxygen atoms in total. The first-order valence-electron chi connectivity index (χ1n) is 6.38. The molecule has 1 aliphatic rings. The lowest BCUT2D eigenvalue weighted by atomic mass is 10.3. The Balaban J connectivity index is 1.53. The molecule has 1 amide bonds. The van der Waals surface area contributed by atoms with Crippen molar-refractivity contribution >= 4 is 23.3 Å². The predicted molar refractivity (Wildman–Crippen MR) is 75.5 cm³/mol. The van der Waals surface area contributed by atoms with E-state index in [2.05, 4.69) is 4.98 Å². The first-order valence-corrected chi connectivity index (χ1v) is 7.26. The van der Waals surface area contributed by atoms with Crippen molar-refractivity contribution in [1.82, 2.24) is 9.88 Å². The maximum Gasteiger partial charge on any atom is 0.273 e. The molecular formula is C14H14N2O3S. The van der Waals surface area contributed by atoms with Gasteiger partial charge in [0.05, 0.1) is 12.8 Å². The summed E-state index contributed by atoms with van der Waals surface area (Å²) in [5, 5.41) is 2.54. The summed E-state index contributed by atoms with van der Waals surface area (Å²) in [6.45, 7) is 1.30. The van der Waals surface area contributed by atoms with Gasteiger partial charge in [0.25, 0.3) is 5.19 Å². The third-order valence-corrected chi connectivity index (χ3v) is 3.73. The van der Waals surface area contributed by atoms with Gasteiger partial charge in [0.1, 0.15) is 11.9 Å². The lowest BCUT2D eigenvalue weighted by Crippen LogP contribution is -2.29. The van der Waals surface area contributed by atoms with Crippen LogP contribution in [0.1, 0.15) is 12.2 Å². The number of carbonyl (C=O) groups excluding carboxylic acids is 1. The second kappa shape index (κ2) is 5.92. The van der Waals surface area contributed by atoms with E-state index in [4.69, 9.17) is 9.15 Å². The third kappa shape index (κ3) is 3.08. The molecule has 1 atom stereocenters. The molecule has 104 valence electrons. The zero-order valence-electron chi connectivity index (χ0n) is 10.8. The van der Waals surface area contributed by atoms with Gasteiger partial charge in [0, 0.05) is 30.6 Å². The van der Waals surface area contributed by atoms with E-state index < -0.39 is 0 Å². The van der Waals surface area contributed by atoms with Crippen molar-refractivity contribution in [2.24, 2.45) is 0 Å². The normalized spacial score (nSPS) is 18.8. The SMILES string of the molecule is O=C(/C=C/c1ccco1)N1CCC(Oc2nccs2)C1. The molecule has 0 N–H and O–H groups in total. The summed E-state index contributed by atoms with van der Waals surface area (Å²) in [6, 6.07) is 3.60. The number of nitrogens with zero attached hydrogens (tertiary/aromatic N) is 2. The Morgan fingerprint density at radius 3 is 3.30 bits per heavy atom. The molecule has 2 aromatic heterocycles. The van der Waals surface area contributed by atoms with Crippen LogP contribution >= 0.6 is 11.3 Å². The van der Waals surface area contributed by atoms with Crippen molar-refractivity contribution in [1.29, 1.82) is 0 Å². The Morgan fingerprint density at radius 2 is 2.55 bits per heavy atom.